The zero-order valence-corrected chi connectivity index (χ0v) is 12.0. The lowest BCUT2D eigenvalue weighted by Gasteiger charge is -2.16. The lowest BCUT2D eigenvalue weighted by Crippen LogP contribution is -2.19. The van der Waals surface area contributed by atoms with Gasteiger partial charge in [0.15, 0.2) is 0 Å². The van der Waals surface area contributed by atoms with Gasteiger partial charge in [-0.1, -0.05) is 18.2 Å². The molecule has 0 saturated carbocycles. The van der Waals surface area contributed by atoms with E-state index in [0.29, 0.717) is 0 Å². The molecule has 2 heterocycles. The molecule has 0 aliphatic heterocycles. The molecule has 2 N–H and O–H groups in total. The minimum absolute atomic E-state index is 0.141. The van der Waals surface area contributed by atoms with E-state index in [9.17, 15) is 0 Å². The predicted molar refractivity (Wildman–Crippen MR) is 82.0 cm³/mol. The summed E-state index contributed by atoms with van der Waals surface area (Å²) in [5.41, 5.74) is 9.84. The number of rotatable bonds is 3. The Morgan fingerprint density at radius 3 is 3.00 bits per heavy atom. The summed E-state index contributed by atoms with van der Waals surface area (Å²) in [6, 6.07) is 9.92. The van der Waals surface area contributed by atoms with Crippen molar-refractivity contribution in [3.63, 3.8) is 0 Å². The molecule has 0 spiro atoms. The molecule has 1 unspecified atom stereocenters. The van der Waals surface area contributed by atoms with Crippen molar-refractivity contribution in [2.45, 2.75) is 38.3 Å². The van der Waals surface area contributed by atoms with E-state index in [1.807, 2.05) is 36.7 Å². The number of nitrogens with zero attached hydrogens (tertiary/aromatic N) is 2. The van der Waals surface area contributed by atoms with Crippen molar-refractivity contribution in [1.82, 2.24) is 9.55 Å². The van der Waals surface area contributed by atoms with Gasteiger partial charge in [-0.15, -0.1) is 0 Å². The highest BCUT2D eigenvalue weighted by atomic mass is 16.3. The van der Waals surface area contributed by atoms with Crippen molar-refractivity contribution in [3.8, 4) is 0 Å². The molecule has 3 aromatic rings. The summed E-state index contributed by atoms with van der Waals surface area (Å²) in [4.78, 5) is 4.52. The number of hydrogen-bond donors (Lipinski definition) is 1. The highest BCUT2D eigenvalue weighted by Crippen LogP contribution is 2.25. The minimum Gasteiger partial charge on any atom is -0.459 e. The molecule has 1 atom stereocenters. The molecule has 1 aromatic carbocycles. The first-order valence-electron chi connectivity index (χ1n) is 7.58. The van der Waals surface area contributed by atoms with Crippen LogP contribution in [-0.4, -0.2) is 9.55 Å². The van der Waals surface area contributed by atoms with Crippen molar-refractivity contribution < 1.29 is 4.42 Å². The van der Waals surface area contributed by atoms with Gasteiger partial charge < -0.3 is 14.7 Å². The van der Waals surface area contributed by atoms with Gasteiger partial charge in [-0.05, 0) is 37.8 Å². The first-order valence-corrected chi connectivity index (χ1v) is 7.58. The van der Waals surface area contributed by atoms with E-state index in [-0.39, 0.29) is 6.04 Å². The van der Waals surface area contributed by atoms with Crippen LogP contribution in [0.2, 0.25) is 0 Å². The number of benzene rings is 1. The number of fused-ring (bicyclic) bond motifs is 2. The largest absolute Gasteiger partial charge is 0.459 e. The molecule has 1 aliphatic rings. The van der Waals surface area contributed by atoms with Crippen LogP contribution < -0.4 is 5.73 Å². The summed E-state index contributed by atoms with van der Waals surface area (Å²) in [5, 5.41) is 1.11. The van der Waals surface area contributed by atoms with Gasteiger partial charge in [0.1, 0.15) is 11.3 Å². The quantitative estimate of drug-likeness (QED) is 0.802. The minimum atomic E-state index is -0.141. The topological polar surface area (TPSA) is 57.0 Å². The first kappa shape index (κ1) is 12.7. The summed E-state index contributed by atoms with van der Waals surface area (Å²) in [6.07, 6.45) is 6.64. The second-order valence-electron chi connectivity index (χ2n) is 5.79. The maximum atomic E-state index is 6.34. The molecule has 4 nitrogen and oxygen atoms in total. The van der Waals surface area contributed by atoms with Gasteiger partial charge in [-0.3, -0.25) is 0 Å². The van der Waals surface area contributed by atoms with Gasteiger partial charge in [0.2, 0.25) is 0 Å². The number of nitrogens with two attached hydrogens (primary N) is 1. The third-order valence-electron chi connectivity index (χ3n) is 4.31. The van der Waals surface area contributed by atoms with Gasteiger partial charge >= 0.3 is 0 Å². The van der Waals surface area contributed by atoms with Gasteiger partial charge in [-0.25, -0.2) is 4.98 Å². The van der Waals surface area contributed by atoms with Gasteiger partial charge in [0.05, 0.1) is 18.1 Å². The predicted octanol–water partition coefficient (Wildman–Crippen LogP) is 3.21. The lowest BCUT2D eigenvalue weighted by molar-refractivity contribution is 0.448. The van der Waals surface area contributed by atoms with E-state index in [4.69, 9.17) is 10.2 Å². The van der Waals surface area contributed by atoms with Gasteiger partial charge in [-0.2, -0.15) is 0 Å². The third-order valence-corrected chi connectivity index (χ3v) is 4.31. The van der Waals surface area contributed by atoms with Crippen molar-refractivity contribution in [3.05, 3.63) is 53.8 Å². The summed E-state index contributed by atoms with van der Waals surface area (Å²) < 4.78 is 8.06. The second-order valence-corrected chi connectivity index (χ2v) is 5.79. The van der Waals surface area contributed by atoms with E-state index < -0.39 is 0 Å². The molecule has 4 rings (SSSR count). The van der Waals surface area contributed by atoms with Crippen LogP contribution in [0, 0.1) is 0 Å². The van der Waals surface area contributed by atoms with Crippen molar-refractivity contribution in [2.24, 2.45) is 5.73 Å². The number of imidazole rings is 1. The third kappa shape index (κ3) is 2.25. The monoisotopic (exact) mass is 281 g/mol. The summed E-state index contributed by atoms with van der Waals surface area (Å²) in [5.74, 6) is 0.842. The van der Waals surface area contributed by atoms with E-state index in [0.717, 1.165) is 36.1 Å². The fraction of sp³-hybridized carbons (Fsp3) is 0.353. The first-order chi connectivity index (χ1) is 10.3. The van der Waals surface area contributed by atoms with Crippen LogP contribution in [0.4, 0.5) is 0 Å². The maximum absolute atomic E-state index is 6.34. The van der Waals surface area contributed by atoms with E-state index in [1.54, 1.807) is 0 Å². The fourth-order valence-electron chi connectivity index (χ4n) is 3.18. The Morgan fingerprint density at radius 1 is 1.24 bits per heavy atom. The van der Waals surface area contributed by atoms with E-state index in [2.05, 4.69) is 9.55 Å². The average molecular weight is 281 g/mol. The SMILES string of the molecule is NC(Cn1cnc2c1CCCC2)c1cc2ccccc2o1. The normalized spacial score (nSPS) is 16.0. The molecule has 21 heavy (non-hydrogen) atoms. The summed E-state index contributed by atoms with van der Waals surface area (Å²) >= 11 is 0. The van der Waals surface area contributed by atoms with Crippen molar-refractivity contribution >= 4 is 11.0 Å². The van der Waals surface area contributed by atoms with Crippen LogP contribution in [0.15, 0.2) is 41.1 Å². The number of para-hydroxylation sites is 1. The van der Waals surface area contributed by atoms with Crippen LogP contribution in [0.1, 0.15) is 36.0 Å². The zero-order valence-electron chi connectivity index (χ0n) is 12.0. The number of hydrogen-bond acceptors (Lipinski definition) is 3. The molecule has 0 radical (unpaired) electrons. The van der Waals surface area contributed by atoms with Gasteiger partial charge in [0, 0.05) is 17.6 Å². The van der Waals surface area contributed by atoms with Crippen LogP contribution in [0.3, 0.4) is 0 Å². The number of aromatic nitrogens is 2. The zero-order chi connectivity index (χ0) is 14.2. The molecule has 0 saturated heterocycles. The Hall–Kier alpha value is -2.07. The molecule has 4 heteroatoms. The molecular weight excluding hydrogens is 262 g/mol. The van der Waals surface area contributed by atoms with Gasteiger partial charge in [0.25, 0.3) is 0 Å². The lowest BCUT2D eigenvalue weighted by atomic mass is 10.0. The second kappa shape index (κ2) is 5.04. The van der Waals surface area contributed by atoms with Crippen LogP contribution in [0.5, 0.6) is 0 Å². The maximum Gasteiger partial charge on any atom is 0.134 e. The smallest absolute Gasteiger partial charge is 0.134 e. The Kier molecular flexibility index (Phi) is 3.04. The summed E-state index contributed by atoms with van der Waals surface area (Å²) in [7, 11) is 0. The molecule has 2 aromatic heterocycles. The number of aryl methyl sites for hydroxylation is 1. The molecule has 108 valence electrons. The molecule has 1 aliphatic carbocycles. The van der Waals surface area contributed by atoms with Crippen LogP contribution in [-0.2, 0) is 19.4 Å². The molecule has 0 bridgehead atoms. The Morgan fingerprint density at radius 2 is 2.10 bits per heavy atom. The molecule has 0 fully saturated rings. The average Bonchev–Trinajstić information content (AvgIpc) is 3.11. The molecule has 0 amide bonds. The van der Waals surface area contributed by atoms with Crippen LogP contribution >= 0.6 is 0 Å². The highest BCUT2D eigenvalue weighted by molar-refractivity contribution is 5.77. The summed E-state index contributed by atoms with van der Waals surface area (Å²) in [6.45, 7) is 0.724. The molecular formula is C17H19N3O. The van der Waals surface area contributed by atoms with Crippen molar-refractivity contribution in [2.75, 3.05) is 0 Å². The van der Waals surface area contributed by atoms with Crippen LogP contribution in [0.25, 0.3) is 11.0 Å². The van der Waals surface area contributed by atoms with Crippen molar-refractivity contribution in [1.29, 1.82) is 0 Å². The Balaban J connectivity index is 1.60. The fourth-order valence-corrected chi connectivity index (χ4v) is 3.18. The Labute approximate surface area is 123 Å². The number of furan rings is 1. The van der Waals surface area contributed by atoms with E-state index in [1.165, 1.54) is 24.2 Å². The standard InChI is InChI=1S/C17H19N3O/c18-13(17-9-12-5-1-4-8-16(12)21-17)10-20-11-19-14-6-2-3-7-15(14)20/h1,4-5,8-9,11,13H,2-3,6-7,10,18H2. The van der Waals surface area contributed by atoms with E-state index >= 15 is 0 Å². The highest BCUT2D eigenvalue weighted by Gasteiger charge is 2.18. The Bertz CT molecular complexity index is 738.